The fourth-order valence-electron chi connectivity index (χ4n) is 3.62. The molecule has 2 atom stereocenters. The molecule has 25 heavy (non-hydrogen) atoms. The molecule has 0 bridgehead atoms. The van der Waals surface area contributed by atoms with Gasteiger partial charge in [0.1, 0.15) is 0 Å². The van der Waals surface area contributed by atoms with Gasteiger partial charge in [-0.15, -0.1) is 0 Å². The van der Waals surface area contributed by atoms with Crippen molar-refractivity contribution in [1.29, 1.82) is 0 Å². The second-order valence-corrected chi connectivity index (χ2v) is 7.52. The lowest BCUT2D eigenvalue weighted by Crippen LogP contribution is -2.41. The second kappa shape index (κ2) is 7.95. The first-order valence-electron chi connectivity index (χ1n) is 9.31. The highest BCUT2D eigenvalue weighted by molar-refractivity contribution is 5.97. The van der Waals surface area contributed by atoms with E-state index in [2.05, 4.69) is 29.2 Å². The van der Waals surface area contributed by atoms with Crippen molar-refractivity contribution < 1.29 is 9.90 Å². The number of hydrogen-bond acceptors (Lipinski definition) is 4. The predicted molar refractivity (Wildman–Crippen MR) is 97.3 cm³/mol. The Labute approximate surface area is 148 Å². The highest BCUT2D eigenvalue weighted by atomic mass is 16.3. The highest BCUT2D eigenvalue weighted by Crippen LogP contribution is 2.23. The van der Waals surface area contributed by atoms with Crippen molar-refractivity contribution in [2.24, 2.45) is 11.8 Å². The zero-order valence-corrected chi connectivity index (χ0v) is 15.1. The van der Waals surface area contributed by atoms with E-state index in [-0.39, 0.29) is 24.5 Å². The van der Waals surface area contributed by atoms with Gasteiger partial charge in [0.25, 0.3) is 5.91 Å². The van der Waals surface area contributed by atoms with Crippen LogP contribution in [0.25, 0.3) is 11.0 Å². The Morgan fingerprint density at radius 1 is 1.32 bits per heavy atom. The predicted octanol–water partition coefficient (Wildman–Crippen LogP) is 2.76. The van der Waals surface area contributed by atoms with Crippen molar-refractivity contribution in [3.05, 3.63) is 24.0 Å². The average molecular weight is 344 g/mol. The van der Waals surface area contributed by atoms with Crippen LogP contribution < -0.4 is 5.32 Å². The number of nitrogens with one attached hydrogen (secondary N) is 1. The van der Waals surface area contributed by atoms with Crippen LogP contribution in [0, 0.1) is 11.8 Å². The summed E-state index contributed by atoms with van der Waals surface area (Å²) < 4.78 is 1.88. The largest absolute Gasteiger partial charge is 0.396 e. The van der Waals surface area contributed by atoms with Gasteiger partial charge in [0, 0.05) is 36.7 Å². The Balaban J connectivity index is 1.75. The first-order chi connectivity index (χ1) is 12.1. The molecule has 2 heterocycles. The monoisotopic (exact) mass is 344 g/mol. The quantitative estimate of drug-likeness (QED) is 0.817. The van der Waals surface area contributed by atoms with Crippen molar-refractivity contribution in [2.45, 2.75) is 58.5 Å². The first-order valence-corrected chi connectivity index (χ1v) is 9.31. The number of amides is 1. The average Bonchev–Trinajstić information content (AvgIpc) is 2.84. The molecule has 1 fully saturated rings. The lowest BCUT2D eigenvalue weighted by atomic mass is 9.95. The van der Waals surface area contributed by atoms with E-state index < -0.39 is 0 Å². The molecule has 136 valence electrons. The summed E-state index contributed by atoms with van der Waals surface area (Å²) in [5.41, 5.74) is 1.37. The molecule has 3 rings (SSSR count). The van der Waals surface area contributed by atoms with Gasteiger partial charge in [-0.2, -0.15) is 5.10 Å². The minimum absolute atomic E-state index is 0.0411. The number of pyridine rings is 1. The summed E-state index contributed by atoms with van der Waals surface area (Å²) in [5.74, 6) is 0.520. The molecule has 1 saturated carbocycles. The number of aromatic nitrogens is 3. The van der Waals surface area contributed by atoms with E-state index in [0.717, 1.165) is 43.3 Å². The summed E-state index contributed by atoms with van der Waals surface area (Å²) in [6.07, 6.45) is 8.69. The number of carbonyl (C=O) groups excluding carboxylic acids is 1. The van der Waals surface area contributed by atoms with E-state index in [4.69, 9.17) is 0 Å². The van der Waals surface area contributed by atoms with Gasteiger partial charge in [0.2, 0.25) is 0 Å². The number of carbonyl (C=O) groups is 1. The van der Waals surface area contributed by atoms with Crippen LogP contribution in [0.1, 0.15) is 56.3 Å². The Hall–Kier alpha value is -1.95. The summed E-state index contributed by atoms with van der Waals surface area (Å²) in [4.78, 5) is 17.1. The molecule has 1 aliphatic carbocycles. The third-order valence-corrected chi connectivity index (χ3v) is 4.99. The third kappa shape index (κ3) is 4.18. The van der Waals surface area contributed by atoms with Crippen molar-refractivity contribution in [3.63, 3.8) is 0 Å². The molecule has 6 nitrogen and oxygen atoms in total. The Bertz CT molecular complexity index is 725. The minimum Gasteiger partial charge on any atom is -0.396 e. The number of aliphatic hydroxyl groups is 1. The van der Waals surface area contributed by atoms with Crippen LogP contribution in [0.5, 0.6) is 0 Å². The molecule has 0 radical (unpaired) electrons. The van der Waals surface area contributed by atoms with Crippen LogP contribution in [0.3, 0.4) is 0 Å². The number of hydrogen-bond donors (Lipinski definition) is 2. The van der Waals surface area contributed by atoms with E-state index in [1.807, 2.05) is 10.7 Å². The molecule has 2 unspecified atom stereocenters. The van der Waals surface area contributed by atoms with Gasteiger partial charge in [-0.3, -0.25) is 4.79 Å². The molecular formula is C19H28N4O2. The highest BCUT2D eigenvalue weighted by Gasteiger charge is 2.25. The van der Waals surface area contributed by atoms with Crippen LogP contribution in [-0.2, 0) is 6.54 Å². The summed E-state index contributed by atoms with van der Waals surface area (Å²) in [6, 6.07) is 1.89. The summed E-state index contributed by atoms with van der Waals surface area (Å²) in [7, 11) is 0. The molecule has 0 aromatic carbocycles. The van der Waals surface area contributed by atoms with Gasteiger partial charge in [0.15, 0.2) is 5.65 Å². The minimum atomic E-state index is -0.114. The van der Waals surface area contributed by atoms with E-state index in [1.165, 1.54) is 6.42 Å². The molecule has 2 aromatic rings. The number of nitrogens with zero attached hydrogens (tertiary/aromatic N) is 3. The zero-order chi connectivity index (χ0) is 17.8. The fraction of sp³-hybridized carbons (Fsp3) is 0.632. The van der Waals surface area contributed by atoms with Crippen LogP contribution in [-0.4, -0.2) is 38.4 Å². The van der Waals surface area contributed by atoms with Gasteiger partial charge in [-0.1, -0.05) is 33.1 Å². The SMILES string of the molecule is CC(C)Cn1ncc2cc(C(=O)NC3CCCCCC3CO)cnc21. The van der Waals surface area contributed by atoms with Gasteiger partial charge in [-0.05, 0) is 24.8 Å². The third-order valence-electron chi connectivity index (χ3n) is 4.99. The maximum absolute atomic E-state index is 12.7. The number of rotatable bonds is 5. The molecule has 6 heteroatoms. The number of aliphatic hydroxyl groups excluding tert-OH is 1. The van der Waals surface area contributed by atoms with Gasteiger partial charge in [-0.25, -0.2) is 9.67 Å². The smallest absolute Gasteiger partial charge is 0.253 e. The first kappa shape index (κ1) is 17.9. The Morgan fingerprint density at radius 3 is 2.88 bits per heavy atom. The molecule has 1 aliphatic rings. The van der Waals surface area contributed by atoms with E-state index in [9.17, 15) is 9.90 Å². The fourth-order valence-corrected chi connectivity index (χ4v) is 3.62. The molecule has 0 aliphatic heterocycles. The Morgan fingerprint density at radius 2 is 2.12 bits per heavy atom. The van der Waals surface area contributed by atoms with E-state index in [1.54, 1.807) is 12.4 Å². The normalized spacial score (nSPS) is 21.4. The maximum atomic E-state index is 12.7. The zero-order valence-electron chi connectivity index (χ0n) is 15.1. The van der Waals surface area contributed by atoms with Crippen molar-refractivity contribution in [2.75, 3.05) is 6.61 Å². The van der Waals surface area contributed by atoms with E-state index in [0.29, 0.717) is 11.5 Å². The molecule has 2 N–H and O–H groups in total. The van der Waals surface area contributed by atoms with Crippen LogP contribution in [0.15, 0.2) is 18.5 Å². The van der Waals surface area contributed by atoms with Gasteiger partial charge < -0.3 is 10.4 Å². The van der Waals surface area contributed by atoms with Crippen LogP contribution in [0.4, 0.5) is 0 Å². The molecular weight excluding hydrogens is 316 g/mol. The number of fused-ring (bicyclic) bond motifs is 1. The molecule has 2 aromatic heterocycles. The second-order valence-electron chi connectivity index (χ2n) is 7.52. The van der Waals surface area contributed by atoms with Crippen LogP contribution in [0.2, 0.25) is 0 Å². The molecule has 0 spiro atoms. The topological polar surface area (TPSA) is 80.0 Å². The van der Waals surface area contributed by atoms with Gasteiger partial charge >= 0.3 is 0 Å². The Kier molecular flexibility index (Phi) is 5.68. The van der Waals surface area contributed by atoms with Gasteiger partial charge in [0.05, 0.1) is 11.8 Å². The van der Waals surface area contributed by atoms with Crippen molar-refractivity contribution >= 4 is 16.9 Å². The summed E-state index contributed by atoms with van der Waals surface area (Å²) >= 11 is 0. The van der Waals surface area contributed by atoms with Crippen LogP contribution >= 0.6 is 0 Å². The van der Waals surface area contributed by atoms with Crippen molar-refractivity contribution in [3.8, 4) is 0 Å². The lowest BCUT2D eigenvalue weighted by Gasteiger charge is -2.24. The van der Waals surface area contributed by atoms with E-state index >= 15 is 0 Å². The maximum Gasteiger partial charge on any atom is 0.253 e. The lowest BCUT2D eigenvalue weighted by molar-refractivity contribution is 0.0899. The molecule has 0 saturated heterocycles. The van der Waals surface area contributed by atoms with Crippen molar-refractivity contribution in [1.82, 2.24) is 20.1 Å². The molecule has 1 amide bonds. The summed E-state index contributed by atoms with van der Waals surface area (Å²) in [6.45, 7) is 5.21. The standard InChI is InChI=1S/C19H28N4O2/c1-13(2)11-23-18-15(10-21-23)8-16(9-20-18)19(25)22-17-7-5-3-4-6-14(17)12-24/h8-10,13-14,17,24H,3-7,11-12H2,1-2H3,(H,22,25). The summed E-state index contributed by atoms with van der Waals surface area (Å²) in [5, 5.41) is 18.0.